The highest BCUT2D eigenvalue weighted by Crippen LogP contribution is 2.29. The second-order valence-electron chi connectivity index (χ2n) is 9.60. The summed E-state index contributed by atoms with van der Waals surface area (Å²) in [6, 6.07) is 8.27. The molecule has 2 fully saturated rings. The Kier molecular flexibility index (Phi) is 7.37. The number of carbonyl (C=O) groups excluding carboxylic acids is 2. The van der Waals surface area contributed by atoms with E-state index in [0.717, 1.165) is 69.8 Å². The van der Waals surface area contributed by atoms with Gasteiger partial charge in [-0.3, -0.25) is 9.59 Å². The second-order valence-corrected chi connectivity index (χ2v) is 9.60. The van der Waals surface area contributed by atoms with Crippen molar-refractivity contribution < 1.29 is 9.59 Å². The Labute approximate surface area is 176 Å². The molecule has 1 aromatic carbocycles. The van der Waals surface area contributed by atoms with Gasteiger partial charge in [-0.15, -0.1) is 0 Å². The number of nitrogens with zero attached hydrogens (tertiary/aromatic N) is 2. The Morgan fingerprint density at radius 1 is 0.931 bits per heavy atom. The smallest absolute Gasteiger partial charge is 0.253 e. The summed E-state index contributed by atoms with van der Waals surface area (Å²) in [6.07, 6.45) is 5.42. The summed E-state index contributed by atoms with van der Waals surface area (Å²) in [5, 5.41) is 0. The van der Waals surface area contributed by atoms with E-state index < -0.39 is 0 Å². The fourth-order valence-corrected chi connectivity index (χ4v) is 5.10. The van der Waals surface area contributed by atoms with E-state index in [2.05, 4.69) is 32.9 Å². The normalized spacial score (nSPS) is 20.2. The standard InChI is InChI=1S/C25H38N2O2/c1-18(2)22-8-14-27(15-9-22)25(29)24-7-5-6-21(17-24)16-19(3)23-10-12-26(13-11-23)20(4)28/h5-7,17-19,22-23H,8-16H2,1-4H3/t19-/m0/s1. The third-order valence-corrected chi connectivity index (χ3v) is 7.29. The lowest BCUT2D eigenvalue weighted by atomic mass is 9.81. The van der Waals surface area contributed by atoms with E-state index in [0.29, 0.717) is 17.8 Å². The molecule has 0 N–H and O–H groups in total. The average molecular weight is 399 g/mol. The molecule has 0 spiro atoms. The first-order valence-corrected chi connectivity index (χ1v) is 11.5. The molecule has 4 nitrogen and oxygen atoms in total. The fraction of sp³-hybridized carbons (Fsp3) is 0.680. The monoisotopic (exact) mass is 398 g/mol. The third kappa shape index (κ3) is 5.61. The fourth-order valence-electron chi connectivity index (χ4n) is 5.10. The van der Waals surface area contributed by atoms with Crippen LogP contribution >= 0.6 is 0 Å². The van der Waals surface area contributed by atoms with Crippen molar-refractivity contribution in [3.05, 3.63) is 35.4 Å². The Balaban J connectivity index is 1.55. The maximum absolute atomic E-state index is 13.0. The average Bonchev–Trinajstić information content (AvgIpc) is 2.73. The minimum absolute atomic E-state index is 0.191. The van der Waals surface area contributed by atoms with Gasteiger partial charge in [0.05, 0.1) is 0 Å². The molecular formula is C25H38N2O2. The van der Waals surface area contributed by atoms with Crippen LogP contribution in [0, 0.1) is 23.7 Å². The van der Waals surface area contributed by atoms with Crippen LogP contribution in [0.15, 0.2) is 24.3 Å². The van der Waals surface area contributed by atoms with Crippen LogP contribution in [0.3, 0.4) is 0 Å². The number of amides is 2. The van der Waals surface area contributed by atoms with Gasteiger partial charge in [-0.1, -0.05) is 32.9 Å². The molecule has 0 aromatic heterocycles. The first-order valence-electron chi connectivity index (χ1n) is 11.5. The molecule has 29 heavy (non-hydrogen) atoms. The Hall–Kier alpha value is -1.84. The van der Waals surface area contributed by atoms with Gasteiger partial charge in [-0.05, 0) is 73.5 Å². The molecule has 2 amide bonds. The molecule has 160 valence electrons. The topological polar surface area (TPSA) is 40.6 Å². The first-order chi connectivity index (χ1) is 13.8. The van der Waals surface area contributed by atoms with E-state index in [1.165, 1.54) is 5.56 Å². The predicted octanol–water partition coefficient (Wildman–Crippen LogP) is 4.63. The van der Waals surface area contributed by atoms with Gasteiger partial charge in [0.1, 0.15) is 0 Å². The molecule has 0 unspecified atom stereocenters. The maximum atomic E-state index is 13.0. The Bertz CT molecular complexity index is 699. The lowest BCUT2D eigenvalue weighted by Gasteiger charge is -2.35. The van der Waals surface area contributed by atoms with Gasteiger partial charge in [0.15, 0.2) is 0 Å². The highest BCUT2D eigenvalue weighted by molar-refractivity contribution is 5.94. The molecule has 4 heteroatoms. The van der Waals surface area contributed by atoms with Crippen molar-refractivity contribution in [2.45, 2.75) is 59.8 Å². The summed E-state index contributed by atoms with van der Waals surface area (Å²) in [5.74, 6) is 3.06. The van der Waals surface area contributed by atoms with Gasteiger partial charge in [0, 0.05) is 38.7 Å². The lowest BCUT2D eigenvalue weighted by Crippen LogP contribution is -2.39. The number of hydrogen-bond donors (Lipinski definition) is 0. The van der Waals surface area contributed by atoms with E-state index in [4.69, 9.17) is 0 Å². The van der Waals surface area contributed by atoms with E-state index in [1.54, 1.807) is 6.92 Å². The minimum atomic E-state index is 0.191. The van der Waals surface area contributed by atoms with E-state index in [1.807, 2.05) is 21.9 Å². The lowest BCUT2D eigenvalue weighted by molar-refractivity contribution is -0.130. The summed E-state index contributed by atoms with van der Waals surface area (Å²) in [4.78, 5) is 28.5. The summed E-state index contributed by atoms with van der Waals surface area (Å²) >= 11 is 0. The largest absolute Gasteiger partial charge is 0.343 e. The summed E-state index contributed by atoms with van der Waals surface area (Å²) in [7, 11) is 0. The quantitative estimate of drug-likeness (QED) is 0.725. The van der Waals surface area contributed by atoms with E-state index in [9.17, 15) is 9.59 Å². The molecule has 0 saturated carbocycles. The van der Waals surface area contributed by atoms with Gasteiger partial charge < -0.3 is 9.80 Å². The van der Waals surface area contributed by atoms with Gasteiger partial charge in [0.2, 0.25) is 5.91 Å². The molecule has 2 aliphatic heterocycles. The number of hydrogen-bond acceptors (Lipinski definition) is 2. The van der Waals surface area contributed by atoms with Crippen LogP contribution in [-0.2, 0) is 11.2 Å². The van der Waals surface area contributed by atoms with Gasteiger partial charge in [-0.25, -0.2) is 0 Å². The van der Waals surface area contributed by atoms with Crippen molar-refractivity contribution in [2.75, 3.05) is 26.2 Å². The zero-order valence-electron chi connectivity index (χ0n) is 18.7. The van der Waals surface area contributed by atoms with E-state index >= 15 is 0 Å². The van der Waals surface area contributed by atoms with Crippen molar-refractivity contribution in [1.29, 1.82) is 0 Å². The molecule has 2 saturated heterocycles. The molecule has 0 radical (unpaired) electrons. The van der Waals surface area contributed by atoms with Crippen molar-refractivity contribution in [3.63, 3.8) is 0 Å². The van der Waals surface area contributed by atoms with Crippen LogP contribution in [0.5, 0.6) is 0 Å². The van der Waals surface area contributed by atoms with Crippen molar-refractivity contribution in [1.82, 2.24) is 9.80 Å². The van der Waals surface area contributed by atoms with Crippen molar-refractivity contribution >= 4 is 11.8 Å². The highest BCUT2D eigenvalue weighted by atomic mass is 16.2. The summed E-state index contributed by atoms with van der Waals surface area (Å²) < 4.78 is 0. The van der Waals surface area contributed by atoms with Crippen LogP contribution in [0.25, 0.3) is 0 Å². The minimum Gasteiger partial charge on any atom is -0.343 e. The van der Waals surface area contributed by atoms with Crippen LogP contribution in [0.4, 0.5) is 0 Å². The van der Waals surface area contributed by atoms with Crippen LogP contribution in [-0.4, -0.2) is 47.8 Å². The van der Waals surface area contributed by atoms with Crippen LogP contribution < -0.4 is 0 Å². The highest BCUT2D eigenvalue weighted by Gasteiger charge is 2.27. The molecule has 2 heterocycles. The van der Waals surface area contributed by atoms with Gasteiger partial charge in [0.25, 0.3) is 5.91 Å². The molecule has 1 atom stereocenters. The number of likely N-dealkylation sites (tertiary alicyclic amines) is 2. The number of piperidine rings is 2. The second kappa shape index (κ2) is 9.77. The van der Waals surface area contributed by atoms with Crippen molar-refractivity contribution in [3.8, 4) is 0 Å². The predicted molar refractivity (Wildman–Crippen MR) is 118 cm³/mol. The first kappa shape index (κ1) is 21.9. The van der Waals surface area contributed by atoms with Crippen LogP contribution in [0.2, 0.25) is 0 Å². The van der Waals surface area contributed by atoms with Crippen molar-refractivity contribution in [2.24, 2.45) is 23.7 Å². The molecule has 0 aliphatic carbocycles. The molecular weight excluding hydrogens is 360 g/mol. The van der Waals surface area contributed by atoms with Crippen LogP contribution in [0.1, 0.15) is 69.3 Å². The molecule has 2 aliphatic rings. The number of rotatable bonds is 5. The zero-order valence-corrected chi connectivity index (χ0v) is 18.7. The Morgan fingerprint density at radius 3 is 2.10 bits per heavy atom. The summed E-state index contributed by atoms with van der Waals surface area (Å²) in [5.41, 5.74) is 2.10. The SMILES string of the molecule is CC(=O)N1CCC([C@@H](C)Cc2cccc(C(=O)N3CCC(C(C)C)CC3)c2)CC1. The van der Waals surface area contributed by atoms with Gasteiger partial charge >= 0.3 is 0 Å². The Morgan fingerprint density at radius 2 is 1.52 bits per heavy atom. The maximum Gasteiger partial charge on any atom is 0.253 e. The zero-order chi connectivity index (χ0) is 21.0. The molecule has 0 bridgehead atoms. The number of carbonyl (C=O) groups is 2. The number of benzene rings is 1. The van der Waals surface area contributed by atoms with Gasteiger partial charge in [-0.2, -0.15) is 0 Å². The van der Waals surface area contributed by atoms with E-state index in [-0.39, 0.29) is 11.8 Å². The molecule has 1 aromatic rings. The third-order valence-electron chi connectivity index (χ3n) is 7.29. The summed E-state index contributed by atoms with van der Waals surface area (Å²) in [6.45, 7) is 12.1. The molecule has 3 rings (SSSR count).